The molecule has 3 N–H and O–H groups in total. The molecule has 0 radical (unpaired) electrons. The highest BCUT2D eigenvalue weighted by Gasteiger charge is 2.22. The van der Waals surface area contributed by atoms with Crippen molar-refractivity contribution in [1.82, 2.24) is 4.57 Å². The van der Waals surface area contributed by atoms with Crippen molar-refractivity contribution in [2.75, 3.05) is 6.61 Å². The lowest BCUT2D eigenvalue weighted by molar-refractivity contribution is -0.0155. The lowest BCUT2D eigenvalue weighted by atomic mass is 10.1. The van der Waals surface area contributed by atoms with Gasteiger partial charge in [0, 0.05) is 22.6 Å². The number of aryl methyl sites for hydroxylation is 1. The van der Waals surface area contributed by atoms with Crippen molar-refractivity contribution in [3.8, 4) is 5.69 Å². The van der Waals surface area contributed by atoms with Crippen molar-refractivity contribution < 1.29 is 15.3 Å². The number of nitrogens with zero attached hydrogens (tertiary/aromatic N) is 1. The number of aromatic nitrogens is 1. The molecule has 0 saturated carbocycles. The van der Waals surface area contributed by atoms with Crippen LogP contribution in [0.1, 0.15) is 23.1 Å². The lowest BCUT2D eigenvalue weighted by Gasteiger charge is -2.16. The van der Waals surface area contributed by atoms with Gasteiger partial charge < -0.3 is 19.9 Å². The highest BCUT2D eigenvalue weighted by molar-refractivity contribution is 5.41. The second kappa shape index (κ2) is 5.57. The van der Waals surface area contributed by atoms with Gasteiger partial charge in [-0.05, 0) is 32.0 Å². The molecule has 0 amide bonds. The van der Waals surface area contributed by atoms with Gasteiger partial charge in [-0.1, -0.05) is 18.2 Å². The molecule has 2 atom stereocenters. The van der Waals surface area contributed by atoms with Crippen LogP contribution in [0.3, 0.4) is 0 Å². The maximum atomic E-state index is 10.0. The second-order valence-corrected chi connectivity index (χ2v) is 4.69. The van der Waals surface area contributed by atoms with Gasteiger partial charge >= 0.3 is 0 Å². The van der Waals surface area contributed by atoms with E-state index in [0.717, 1.165) is 17.1 Å². The zero-order valence-electron chi connectivity index (χ0n) is 11.1. The molecule has 4 nitrogen and oxygen atoms in total. The number of para-hydroxylation sites is 1. The molecule has 0 aliphatic rings. The van der Waals surface area contributed by atoms with Crippen LogP contribution in [-0.2, 0) is 0 Å². The summed E-state index contributed by atoms with van der Waals surface area (Å²) in [5.41, 5.74) is 3.49. The SMILES string of the molecule is Cc1cc(C(O)C(O)CO)c(C)n1-c1ccccc1. The molecular formula is C15H19NO3. The van der Waals surface area contributed by atoms with Crippen LogP contribution in [-0.4, -0.2) is 32.6 Å². The molecule has 4 heteroatoms. The second-order valence-electron chi connectivity index (χ2n) is 4.69. The molecule has 0 aliphatic heterocycles. The van der Waals surface area contributed by atoms with Gasteiger partial charge in [-0.2, -0.15) is 0 Å². The number of hydrogen-bond acceptors (Lipinski definition) is 3. The predicted molar refractivity (Wildman–Crippen MR) is 73.3 cm³/mol. The Hall–Kier alpha value is -1.62. The third-order valence-corrected chi connectivity index (χ3v) is 3.35. The van der Waals surface area contributed by atoms with E-state index in [2.05, 4.69) is 0 Å². The van der Waals surface area contributed by atoms with Crippen molar-refractivity contribution in [2.45, 2.75) is 26.1 Å². The molecule has 19 heavy (non-hydrogen) atoms. The fourth-order valence-electron chi connectivity index (χ4n) is 2.37. The van der Waals surface area contributed by atoms with E-state index < -0.39 is 18.8 Å². The van der Waals surface area contributed by atoms with E-state index in [0.29, 0.717) is 5.56 Å². The summed E-state index contributed by atoms with van der Waals surface area (Å²) in [6.45, 7) is 3.38. The minimum absolute atomic E-state index is 0.462. The van der Waals surface area contributed by atoms with E-state index in [4.69, 9.17) is 5.11 Å². The third kappa shape index (κ3) is 2.56. The highest BCUT2D eigenvalue weighted by Crippen LogP contribution is 2.27. The van der Waals surface area contributed by atoms with Crippen LogP contribution in [0, 0.1) is 13.8 Å². The van der Waals surface area contributed by atoms with Crippen LogP contribution in [0.2, 0.25) is 0 Å². The van der Waals surface area contributed by atoms with Crippen LogP contribution >= 0.6 is 0 Å². The molecule has 0 spiro atoms. The molecule has 102 valence electrons. The van der Waals surface area contributed by atoms with Gasteiger partial charge in [0.05, 0.1) is 6.61 Å². The van der Waals surface area contributed by atoms with Crippen molar-refractivity contribution in [2.24, 2.45) is 0 Å². The predicted octanol–water partition coefficient (Wildman–Crippen LogP) is 1.48. The monoisotopic (exact) mass is 261 g/mol. The maximum Gasteiger partial charge on any atom is 0.109 e. The van der Waals surface area contributed by atoms with Gasteiger partial charge in [0.1, 0.15) is 12.2 Å². The van der Waals surface area contributed by atoms with Gasteiger partial charge in [0.25, 0.3) is 0 Å². The smallest absolute Gasteiger partial charge is 0.109 e. The van der Waals surface area contributed by atoms with Gasteiger partial charge in [0.15, 0.2) is 0 Å². The first-order chi connectivity index (χ1) is 9.06. The molecule has 0 aliphatic carbocycles. The molecule has 2 rings (SSSR count). The Morgan fingerprint density at radius 3 is 2.32 bits per heavy atom. The van der Waals surface area contributed by atoms with Crippen LogP contribution in [0.25, 0.3) is 5.69 Å². The van der Waals surface area contributed by atoms with Crippen LogP contribution in [0.15, 0.2) is 36.4 Å². The number of aliphatic hydroxyl groups excluding tert-OH is 3. The van der Waals surface area contributed by atoms with Crippen molar-refractivity contribution in [1.29, 1.82) is 0 Å². The summed E-state index contributed by atoms with van der Waals surface area (Å²) in [6, 6.07) is 11.7. The topological polar surface area (TPSA) is 65.6 Å². The van der Waals surface area contributed by atoms with Crippen LogP contribution in [0.5, 0.6) is 0 Å². The third-order valence-electron chi connectivity index (χ3n) is 3.35. The molecule has 1 aromatic heterocycles. The van der Waals surface area contributed by atoms with Crippen LogP contribution in [0.4, 0.5) is 0 Å². The summed E-state index contributed by atoms with van der Waals surface area (Å²) in [5.74, 6) is 0. The summed E-state index contributed by atoms with van der Waals surface area (Å²) >= 11 is 0. The first kappa shape index (κ1) is 13.8. The Labute approximate surface area is 112 Å². The Kier molecular flexibility index (Phi) is 4.04. The normalized spacial score (nSPS) is 14.4. The summed E-state index contributed by atoms with van der Waals surface area (Å²) < 4.78 is 2.02. The van der Waals surface area contributed by atoms with Gasteiger partial charge in [-0.3, -0.25) is 0 Å². The Bertz CT molecular complexity index is 548. The number of rotatable bonds is 4. The minimum atomic E-state index is -1.16. The molecule has 2 unspecified atom stereocenters. The summed E-state index contributed by atoms with van der Waals surface area (Å²) in [4.78, 5) is 0. The average molecular weight is 261 g/mol. The molecule has 2 aromatic rings. The van der Waals surface area contributed by atoms with Gasteiger partial charge in [0.2, 0.25) is 0 Å². The van der Waals surface area contributed by atoms with Crippen molar-refractivity contribution in [3.63, 3.8) is 0 Å². The van der Waals surface area contributed by atoms with E-state index in [9.17, 15) is 10.2 Å². The first-order valence-corrected chi connectivity index (χ1v) is 6.27. The largest absolute Gasteiger partial charge is 0.394 e. The number of aliphatic hydroxyl groups is 3. The zero-order chi connectivity index (χ0) is 14.0. The average Bonchev–Trinajstić information content (AvgIpc) is 2.73. The quantitative estimate of drug-likeness (QED) is 0.781. The van der Waals surface area contributed by atoms with Gasteiger partial charge in [-0.25, -0.2) is 0 Å². The fourth-order valence-corrected chi connectivity index (χ4v) is 2.37. The van der Waals surface area contributed by atoms with Crippen molar-refractivity contribution in [3.05, 3.63) is 53.3 Å². The Morgan fingerprint density at radius 1 is 1.11 bits per heavy atom. The zero-order valence-corrected chi connectivity index (χ0v) is 11.1. The maximum absolute atomic E-state index is 10.0. The lowest BCUT2D eigenvalue weighted by Crippen LogP contribution is -2.22. The van der Waals surface area contributed by atoms with Crippen LogP contribution < -0.4 is 0 Å². The highest BCUT2D eigenvalue weighted by atomic mass is 16.4. The molecule has 1 aromatic carbocycles. The number of hydrogen-bond donors (Lipinski definition) is 3. The van der Waals surface area contributed by atoms with E-state index >= 15 is 0 Å². The standard InChI is InChI=1S/C15H19NO3/c1-10-8-13(15(19)14(18)9-17)11(2)16(10)12-6-4-3-5-7-12/h3-8,14-15,17-19H,9H2,1-2H3. The van der Waals surface area contributed by atoms with Gasteiger partial charge in [-0.15, -0.1) is 0 Å². The molecule has 1 heterocycles. The van der Waals surface area contributed by atoms with E-state index in [-0.39, 0.29) is 0 Å². The molecule has 0 saturated heterocycles. The summed E-state index contributed by atoms with van der Waals surface area (Å²) in [5, 5.41) is 28.5. The van der Waals surface area contributed by atoms with E-state index in [1.165, 1.54) is 0 Å². The number of benzene rings is 1. The van der Waals surface area contributed by atoms with E-state index in [1.54, 1.807) is 0 Å². The molecule has 0 fully saturated rings. The Morgan fingerprint density at radius 2 is 1.74 bits per heavy atom. The van der Waals surface area contributed by atoms with E-state index in [1.807, 2.05) is 54.8 Å². The minimum Gasteiger partial charge on any atom is -0.394 e. The summed E-state index contributed by atoms with van der Waals surface area (Å²) in [7, 11) is 0. The summed E-state index contributed by atoms with van der Waals surface area (Å²) in [6.07, 6.45) is -2.24. The Balaban J connectivity index is 2.46. The molecule has 0 bridgehead atoms. The first-order valence-electron chi connectivity index (χ1n) is 6.27. The molecular weight excluding hydrogens is 242 g/mol. The van der Waals surface area contributed by atoms with Crippen molar-refractivity contribution >= 4 is 0 Å². The fraction of sp³-hybridized carbons (Fsp3) is 0.333.